The molecule has 0 spiro atoms. The first-order chi connectivity index (χ1) is 15.3. The zero-order valence-electron chi connectivity index (χ0n) is 17.5. The Balaban J connectivity index is 1.84. The standard InChI is InChI=1S/C23H22FN3O4S/c1-17-7-13-21(14-8-17)32(29,30)27(20-11-9-19(24)10-12-20)16-23(28)26-25-15-18-5-3-4-6-22(18)31-2/h3-15H,16H2,1-2H3,(H,26,28)/b25-15-. The second-order valence-corrected chi connectivity index (χ2v) is 8.70. The largest absolute Gasteiger partial charge is 0.496 e. The average molecular weight is 456 g/mol. The second-order valence-electron chi connectivity index (χ2n) is 6.84. The molecule has 1 amide bonds. The van der Waals surface area contributed by atoms with Crippen molar-refractivity contribution in [1.29, 1.82) is 0 Å². The van der Waals surface area contributed by atoms with Crippen LogP contribution in [0.15, 0.2) is 82.8 Å². The summed E-state index contributed by atoms with van der Waals surface area (Å²) < 4.78 is 46.0. The lowest BCUT2D eigenvalue weighted by atomic mass is 10.2. The summed E-state index contributed by atoms with van der Waals surface area (Å²) in [5.74, 6) is -0.621. The fourth-order valence-electron chi connectivity index (χ4n) is 2.87. The number of nitrogens with zero attached hydrogens (tertiary/aromatic N) is 2. The number of hydrogen-bond donors (Lipinski definition) is 1. The third kappa shape index (κ3) is 5.50. The molecule has 0 aliphatic carbocycles. The van der Waals surface area contributed by atoms with E-state index in [0.717, 1.165) is 22.0 Å². The van der Waals surface area contributed by atoms with Crippen molar-refractivity contribution in [3.8, 4) is 5.75 Å². The first kappa shape index (κ1) is 23.0. The van der Waals surface area contributed by atoms with Gasteiger partial charge in [0.25, 0.3) is 15.9 Å². The lowest BCUT2D eigenvalue weighted by Gasteiger charge is -2.23. The number of halogens is 1. The second kappa shape index (κ2) is 10.1. The number of hydrazone groups is 1. The van der Waals surface area contributed by atoms with E-state index >= 15 is 0 Å². The van der Waals surface area contributed by atoms with Crippen molar-refractivity contribution in [2.75, 3.05) is 18.0 Å². The number of hydrogen-bond acceptors (Lipinski definition) is 5. The smallest absolute Gasteiger partial charge is 0.264 e. The number of sulfonamides is 1. The van der Waals surface area contributed by atoms with Crippen LogP contribution in [0.1, 0.15) is 11.1 Å². The molecule has 3 aromatic carbocycles. The highest BCUT2D eigenvalue weighted by Gasteiger charge is 2.27. The SMILES string of the molecule is COc1ccccc1/C=N\NC(=O)CN(c1ccc(F)cc1)S(=O)(=O)c1ccc(C)cc1. The van der Waals surface area contributed by atoms with Crippen LogP contribution in [0.5, 0.6) is 5.75 Å². The van der Waals surface area contributed by atoms with Crippen molar-refractivity contribution in [3.05, 3.63) is 89.7 Å². The van der Waals surface area contributed by atoms with Crippen molar-refractivity contribution in [1.82, 2.24) is 5.43 Å². The summed E-state index contributed by atoms with van der Waals surface area (Å²) in [6.07, 6.45) is 1.40. The number of ether oxygens (including phenoxy) is 1. The number of nitrogens with one attached hydrogen (secondary N) is 1. The summed E-state index contributed by atoms with van der Waals surface area (Å²) in [5.41, 5.74) is 4.00. The van der Waals surface area contributed by atoms with Gasteiger partial charge >= 0.3 is 0 Å². The maximum Gasteiger partial charge on any atom is 0.264 e. The van der Waals surface area contributed by atoms with E-state index in [1.807, 2.05) is 6.92 Å². The molecule has 3 rings (SSSR count). The van der Waals surface area contributed by atoms with Crippen LogP contribution in [0.4, 0.5) is 10.1 Å². The van der Waals surface area contributed by atoms with Crippen LogP contribution in [0.2, 0.25) is 0 Å². The average Bonchev–Trinajstić information content (AvgIpc) is 2.79. The van der Waals surface area contributed by atoms with Gasteiger partial charge in [-0.2, -0.15) is 5.10 Å². The minimum Gasteiger partial charge on any atom is -0.496 e. The Morgan fingerprint density at radius 1 is 1.06 bits per heavy atom. The van der Waals surface area contributed by atoms with Crippen molar-refractivity contribution in [2.45, 2.75) is 11.8 Å². The molecule has 0 saturated heterocycles. The lowest BCUT2D eigenvalue weighted by Crippen LogP contribution is -2.39. The molecule has 0 heterocycles. The molecule has 1 N–H and O–H groups in total. The van der Waals surface area contributed by atoms with E-state index in [9.17, 15) is 17.6 Å². The highest BCUT2D eigenvalue weighted by molar-refractivity contribution is 7.92. The number of carbonyl (C=O) groups excluding carboxylic acids is 1. The quantitative estimate of drug-likeness (QED) is 0.416. The Kier molecular flexibility index (Phi) is 7.21. The van der Waals surface area contributed by atoms with Gasteiger partial charge < -0.3 is 4.74 Å². The summed E-state index contributed by atoms with van der Waals surface area (Å²) in [6.45, 7) is 1.28. The molecule has 3 aromatic rings. The molecule has 32 heavy (non-hydrogen) atoms. The van der Waals surface area contributed by atoms with Crippen molar-refractivity contribution < 1.29 is 22.3 Å². The van der Waals surface area contributed by atoms with Gasteiger partial charge in [-0.05, 0) is 55.5 Å². The fourth-order valence-corrected chi connectivity index (χ4v) is 4.29. The van der Waals surface area contributed by atoms with Gasteiger partial charge in [0.2, 0.25) is 0 Å². The van der Waals surface area contributed by atoms with Crippen LogP contribution in [0.3, 0.4) is 0 Å². The molecule has 0 atom stereocenters. The summed E-state index contributed by atoms with van der Waals surface area (Å²) in [5, 5.41) is 3.89. The van der Waals surface area contributed by atoms with Gasteiger partial charge in [0.1, 0.15) is 18.1 Å². The highest BCUT2D eigenvalue weighted by atomic mass is 32.2. The minimum absolute atomic E-state index is 0.0118. The number of rotatable bonds is 8. The van der Waals surface area contributed by atoms with E-state index in [-0.39, 0.29) is 10.6 Å². The molecule has 166 valence electrons. The van der Waals surface area contributed by atoms with Crippen LogP contribution >= 0.6 is 0 Å². The van der Waals surface area contributed by atoms with Crippen LogP contribution in [-0.2, 0) is 14.8 Å². The normalized spacial score (nSPS) is 11.3. The Labute approximate surface area is 186 Å². The molecule has 7 nitrogen and oxygen atoms in total. The van der Waals surface area contributed by atoms with Crippen molar-refractivity contribution in [3.63, 3.8) is 0 Å². The molecule has 0 bridgehead atoms. The summed E-state index contributed by atoms with van der Waals surface area (Å²) in [7, 11) is -2.57. The molecule has 0 unspecified atom stereocenters. The number of aryl methyl sites for hydroxylation is 1. The maximum atomic E-state index is 13.4. The Morgan fingerprint density at radius 2 is 1.72 bits per heavy atom. The molecule has 0 fully saturated rings. The van der Waals surface area contributed by atoms with Gasteiger partial charge in [0.05, 0.1) is 23.9 Å². The first-order valence-corrected chi connectivity index (χ1v) is 11.0. The van der Waals surface area contributed by atoms with E-state index in [1.54, 1.807) is 36.4 Å². The fraction of sp³-hybridized carbons (Fsp3) is 0.130. The number of carbonyl (C=O) groups is 1. The lowest BCUT2D eigenvalue weighted by molar-refractivity contribution is -0.119. The van der Waals surface area contributed by atoms with Crippen LogP contribution < -0.4 is 14.5 Å². The van der Waals surface area contributed by atoms with E-state index in [1.165, 1.54) is 37.6 Å². The predicted octanol–water partition coefficient (Wildman–Crippen LogP) is 3.49. The van der Waals surface area contributed by atoms with Gasteiger partial charge in [-0.1, -0.05) is 29.8 Å². The van der Waals surface area contributed by atoms with Crippen LogP contribution in [0.25, 0.3) is 0 Å². The molecule has 0 radical (unpaired) electrons. The molecular weight excluding hydrogens is 433 g/mol. The zero-order chi connectivity index (χ0) is 23.1. The Morgan fingerprint density at radius 3 is 2.38 bits per heavy atom. The molecule has 9 heteroatoms. The topological polar surface area (TPSA) is 88.1 Å². The molecule has 0 aliphatic rings. The number of methoxy groups -OCH3 is 1. The van der Waals surface area contributed by atoms with Crippen molar-refractivity contribution in [2.24, 2.45) is 5.10 Å². The highest BCUT2D eigenvalue weighted by Crippen LogP contribution is 2.24. The third-order valence-corrected chi connectivity index (χ3v) is 6.33. The molecule has 0 aliphatic heterocycles. The molecule has 0 aromatic heterocycles. The predicted molar refractivity (Wildman–Crippen MR) is 121 cm³/mol. The van der Waals surface area contributed by atoms with Gasteiger partial charge in [0.15, 0.2) is 0 Å². The number of benzene rings is 3. The van der Waals surface area contributed by atoms with E-state index in [0.29, 0.717) is 11.3 Å². The zero-order valence-corrected chi connectivity index (χ0v) is 18.3. The van der Waals surface area contributed by atoms with Crippen molar-refractivity contribution >= 4 is 27.8 Å². The van der Waals surface area contributed by atoms with Crippen LogP contribution in [-0.4, -0.2) is 34.2 Å². The van der Waals surface area contributed by atoms with Crippen LogP contribution in [0, 0.1) is 12.7 Å². The molecule has 0 saturated carbocycles. The molecular formula is C23H22FN3O4S. The van der Waals surface area contributed by atoms with E-state index < -0.39 is 28.3 Å². The summed E-state index contributed by atoms with van der Waals surface area (Å²) in [4.78, 5) is 12.5. The van der Waals surface area contributed by atoms with E-state index in [2.05, 4.69) is 10.5 Å². The first-order valence-electron chi connectivity index (χ1n) is 9.61. The number of anilines is 1. The minimum atomic E-state index is -4.09. The monoisotopic (exact) mass is 455 g/mol. The number of amides is 1. The van der Waals surface area contributed by atoms with Gasteiger partial charge in [-0.25, -0.2) is 18.2 Å². The van der Waals surface area contributed by atoms with Gasteiger partial charge in [-0.15, -0.1) is 0 Å². The van der Waals surface area contributed by atoms with Gasteiger partial charge in [-0.3, -0.25) is 9.10 Å². The van der Waals surface area contributed by atoms with E-state index in [4.69, 9.17) is 4.74 Å². The Hall–Kier alpha value is -3.72. The summed E-state index contributed by atoms with van der Waals surface area (Å²) >= 11 is 0. The number of para-hydroxylation sites is 1. The van der Waals surface area contributed by atoms with Gasteiger partial charge in [0, 0.05) is 5.56 Å². The third-order valence-electron chi connectivity index (χ3n) is 4.54. The Bertz CT molecular complexity index is 1210. The summed E-state index contributed by atoms with van der Waals surface area (Å²) in [6, 6.07) is 18.2. The maximum absolute atomic E-state index is 13.4.